The molecule has 1 unspecified atom stereocenters. The van der Waals surface area contributed by atoms with Crippen LogP contribution in [0.5, 0.6) is 0 Å². The van der Waals surface area contributed by atoms with Crippen LogP contribution >= 0.6 is 11.8 Å². The van der Waals surface area contributed by atoms with Crippen LogP contribution < -0.4 is 0 Å². The summed E-state index contributed by atoms with van der Waals surface area (Å²) in [6.45, 7) is 7.75. The Kier molecular flexibility index (Phi) is 4.46. The van der Waals surface area contributed by atoms with Crippen LogP contribution in [-0.2, 0) is 4.79 Å². The molecule has 0 aromatic heterocycles. The Morgan fingerprint density at radius 2 is 2.27 bits per heavy atom. The van der Waals surface area contributed by atoms with Gasteiger partial charge in [0.2, 0.25) is 5.91 Å². The summed E-state index contributed by atoms with van der Waals surface area (Å²) in [6.07, 6.45) is 0.669. The Labute approximate surface area is 96.2 Å². The van der Waals surface area contributed by atoms with E-state index in [1.54, 1.807) is 6.92 Å². The first kappa shape index (κ1) is 12.8. The molecule has 0 aromatic carbocycles. The van der Waals surface area contributed by atoms with E-state index in [4.69, 9.17) is 5.11 Å². The zero-order valence-electron chi connectivity index (χ0n) is 9.82. The van der Waals surface area contributed by atoms with Crippen molar-refractivity contribution in [1.82, 2.24) is 4.90 Å². The molecule has 0 saturated carbocycles. The molecule has 88 valence electrons. The molecule has 0 aromatic rings. The van der Waals surface area contributed by atoms with Gasteiger partial charge in [0.1, 0.15) is 0 Å². The van der Waals surface area contributed by atoms with E-state index < -0.39 is 0 Å². The van der Waals surface area contributed by atoms with Crippen LogP contribution in [0.25, 0.3) is 0 Å². The molecule has 15 heavy (non-hydrogen) atoms. The number of hydrogen-bond donors (Lipinski definition) is 1. The molecule has 1 saturated heterocycles. The number of nitrogens with zero attached hydrogens (tertiary/aromatic N) is 1. The largest absolute Gasteiger partial charge is 0.393 e. The fraction of sp³-hybridized carbons (Fsp3) is 0.909. The fourth-order valence-corrected chi connectivity index (χ4v) is 2.83. The Hall–Kier alpha value is -0.220. The van der Waals surface area contributed by atoms with Gasteiger partial charge in [-0.2, -0.15) is 11.8 Å². The highest BCUT2D eigenvalue weighted by molar-refractivity contribution is 8.00. The molecular weight excluding hydrogens is 210 g/mol. The van der Waals surface area contributed by atoms with Crippen LogP contribution in [0.2, 0.25) is 0 Å². The lowest BCUT2D eigenvalue weighted by molar-refractivity contribution is -0.132. The third-order valence-electron chi connectivity index (χ3n) is 2.55. The second kappa shape index (κ2) is 5.21. The van der Waals surface area contributed by atoms with Crippen molar-refractivity contribution in [2.24, 2.45) is 0 Å². The molecule has 0 bridgehead atoms. The molecule has 1 amide bonds. The molecule has 1 aliphatic rings. The summed E-state index contributed by atoms with van der Waals surface area (Å²) in [5.74, 6) is 1.21. The number of hydrogen-bond acceptors (Lipinski definition) is 3. The first-order valence-electron chi connectivity index (χ1n) is 5.50. The van der Waals surface area contributed by atoms with Gasteiger partial charge in [0, 0.05) is 30.0 Å². The average Bonchev–Trinajstić information content (AvgIpc) is 2.12. The topological polar surface area (TPSA) is 40.5 Å². The van der Waals surface area contributed by atoms with E-state index in [0.717, 1.165) is 18.8 Å². The first-order chi connectivity index (χ1) is 6.91. The number of carbonyl (C=O) groups is 1. The second-order valence-corrected chi connectivity index (χ2v) is 6.61. The van der Waals surface area contributed by atoms with Crippen LogP contribution in [0.3, 0.4) is 0 Å². The van der Waals surface area contributed by atoms with Gasteiger partial charge in [-0.3, -0.25) is 4.79 Å². The molecule has 0 radical (unpaired) electrons. The van der Waals surface area contributed by atoms with Gasteiger partial charge in [-0.1, -0.05) is 0 Å². The molecular formula is C11H21NO2S. The van der Waals surface area contributed by atoms with Crippen molar-refractivity contribution in [1.29, 1.82) is 0 Å². The standard InChI is InChI=1S/C11H21NO2S/c1-9(13)4-5-10(14)12-6-7-15-11(2,3)8-12/h9,13H,4-8H2,1-3H3. The molecule has 3 nitrogen and oxygen atoms in total. The maximum absolute atomic E-state index is 11.8. The van der Waals surface area contributed by atoms with E-state index in [1.165, 1.54) is 0 Å². The molecule has 1 N–H and O–H groups in total. The maximum Gasteiger partial charge on any atom is 0.222 e. The quantitative estimate of drug-likeness (QED) is 0.800. The van der Waals surface area contributed by atoms with Crippen molar-refractivity contribution >= 4 is 17.7 Å². The Bertz CT molecular complexity index is 229. The molecule has 4 heteroatoms. The van der Waals surface area contributed by atoms with E-state index in [0.29, 0.717) is 12.8 Å². The summed E-state index contributed by atoms with van der Waals surface area (Å²) in [4.78, 5) is 13.7. The molecule has 1 heterocycles. The van der Waals surface area contributed by atoms with Gasteiger partial charge in [0.15, 0.2) is 0 Å². The van der Waals surface area contributed by atoms with E-state index in [9.17, 15) is 4.79 Å². The van der Waals surface area contributed by atoms with Gasteiger partial charge in [-0.15, -0.1) is 0 Å². The molecule has 1 atom stereocenters. The Morgan fingerprint density at radius 3 is 2.80 bits per heavy atom. The van der Waals surface area contributed by atoms with Gasteiger partial charge in [0.05, 0.1) is 6.10 Å². The van der Waals surface area contributed by atoms with Crippen LogP contribution in [0.1, 0.15) is 33.6 Å². The monoisotopic (exact) mass is 231 g/mol. The number of amides is 1. The van der Waals surface area contributed by atoms with Gasteiger partial charge >= 0.3 is 0 Å². The number of rotatable bonds is 3. The molecule has 0 spiro atoms. The minimum Gasteiger partial charge on any atom is -0.393 e. The Morgan fingerprint density at radius 1 is 1.60 bits per heavy atom. The number of carbonyl (C=O) groups excluding carboxylic acids is 1. The fourth-order valence-electron chi connectivity index (χ4n) is 1.72. The van der Waals surface area contributed by atoms with Crippen LogP contribution in [0, 0.1) is 0 Å². The zero-order valence-corrected chi connectivity index (χ0v) is 10.6. The van der Waals surface area contributed by atoms with Crippen molar-refractivity contribution < 1.29 is 9.90 Å². The summed E-state index contributed by atoms with van der Waals surface area (Å²) in [7, 11) is 0. The van der Waals surface area contributed by atoms with Crippen molar-refractivity contribution in [3.8, 4) is 0 Å². The highest BCUT2D eigenvalue weighted by Gasteiger charge is 2.29. The highest BCUT2D eigenvalue weighted by atomic mass is 32.2. The number of aliphatic hydroxyl groups excluding tert-OH is 1. The highest BCUT2D eigenvalue weighted by Crippen LogP contribution is 2.29. The van der Waals surface area contributed by atoms with Gasteiger partial charge in [0.25, 0.3) is 0 Å². The van der Waals surface area contributed by atoms with Crippen molar-refractivity contribution in [3.63, 3.8) is 0 Å². The third-order valence-corrected chi connectivity index (χ3v) is 3.85. The summed E-state index contributed by atoms with van der Waals surface area (Å²) in [5, 5.41) is 9.13. The maximum atomic E-state index is 11.8. The third kappa shape index (κ3) is 4.43. The van der Waals surface area contributed by atoms with Gasteiger partial charge < -0.3 is 10.0 Å². The van der Waals surface area contributed by atoms with E-state index in [2.05, 4.69) is 13.8 Å². The Balaban J connectivity index is 2.39. The average molecular weight is 231 g/mol. The smallest absolute Gasteiger partial charge is 0.222 e. The van der Waals surface area contributed by atoms with Crippen LogP contribution in [-0.4, -0.2) is 45.6 Å². The molecule has 0 aliphatic carbocycles. The molecule has 1 aliphatic heterocycles. The summed E-state index contributed by atoms with van der Waals surface area (Å²) in [5.41, 5.74) is 0. The van der Waals surface area contributed by atoms with Gasteiger partial charge in [-0.25, -0.2) is 0 Å². The number of thioether (sulfide) groups is 1. The minimum absolute atomic E-state index is 0.179. The summed E-state index contributed by atoms with van der Waals surface area (Å²) >= 11 is 1.92. The molecule has 1 rings (SSSR count). The predicted octanol–water partition coefficient (Wildman–Crippen LogP) is 1.50. The van der Waals surface area contributed by atoms with Crippen molar-refractivity contribution in [3.05, 3.63) is 0 Å². The zero-order chi connectivity index (χ0) is 11.5. The summed E-state index contributed by atoms with van der Waals surface area (Å²) in [6, 6.07) is 0. The van der Waals surface area contributed by atoms with Crippen molar-refractivity contribution in [2.45, 2.75) is 44.5 Å². The minimum atomic E-state index is -0.374. The number of aliphatic hydroxyl groups is 1. The predicted molar refractivity (Wildman–Crippen MR) is 64.0 cm³/mol. The summed E-state index contributed by atoms with van der Waals surface area (Å²) < 4.78 is 0.179. The lowest BCUT2D eigenvalue weighted by Crippen LogP contribution is -2.46. The van der Waals surface area contributed by atoms with Crippen LogP contribution in [0.15, 0.2) is 0 Å². The second-order valence-electron chi connectivity index (χ2n) is 4.81. The molecule has 1 fully saturated rings. The lowest BCUT2D eigenvalue weighted by Gasteiger charge is -2.37. The first-order valence-corrected chi connectivity index (χ1v) is 6.49. The van der Waals surface area contributed by atoms with Gasteiger partial charge in [-0.05, 0) is 27.2 Å². The van der Waals surface area contributed by atoms with Crippen LogP contribution in [0.4, 0.5) is 0 Å². The SMILES string of the molecule is CC(O)CCC(=O)N1CCSC(C)(C)C1. The van der Waals surface area contributed by atoms with E-state index >= 15 is 0 Å². The lowest BCUT2D eigenvalue weighted by atomic mass is 10.1. The van der Waals surface area contributed by atoms with E-state index in [1.807, 2.05) is 16.7 Å². The van der Waals surface area contributed by atoms with E-state index in [-0.39, 0.29) is 16.8 Å². The normalized spacial score (nSPS) is 22.5. The van der Waals surface area contributed by atoms with Crippen molar-refractivity contribution in [2.75, 3.05) is 18.8 Å².